The van der Waals surface area contributed by atoms with Crippen molar-refractivity contribution in [3.05, 3.63) is 45.9 Å². The summed E-state index contributed by atoms with van der Waals surface area (Å²) in [5.41, 5.74) is 2.38. The third kappa shape index (κ3) is 8.23. The number of ether oxygens (including phenoxy) is 1. The van der Waals surface area contributed by atoms with E-state index in [1.54, 1.807) is 11.3 Å². The lowest BCUT2D eigenvalue weighted by Gasteiger charge is -2.32. The Bertz CT molecular complexity index is 820. The molecule has 0 atom stereocenters. The molecule has 1 aliphatic heterocycles. The van der Waals surface area contributed by atoms with Gasteiger partial charge in [-0.1, -0.05) is 18.2 Å². The molecule has 1 fully saturated rings. The number of guanidine groups is 1. The molecule has 172 valence electrons. The van der Waals surface area contributed by atoms with E-state index in [-0.39, 0.29) is 24.0 Å². The number of para-hydroxylation sites is 1. The molecule has 8 heteroatoms. The standard InChI is InChI=1S/C23H35N5OS.HI/c1-18-7-5-6-8-22(18)29-14-13-27(4)23(24-3)25-15-20-9-11-28(12-10-20)16-21-17-30-19(2)26-21;/h5-8,17,20H,9-16H2,1-4H3,(H,24,25);1H. The first-order chi connectivity index (χ1) is 14.5. The van der Waals surface area contributed by atoms with E-state index in [2.05, 4.69) is 57.4 Å². The number of nitrogens with one attached hydrogen (secondary N) is 1. The van der Waals surface area contributed by atoms with Gasteiger partial charge in [-0.3, -0.25) is 9.89 Å². The smallest absolute Gasteiger partial charge is 0.193 e. The topological polar surface area (TPSA) is 53.0 Å². The molecule has 1 aromatic heterocycles. The van der Waals surface area contributed by atoms with Crippen LogP contribution in [0.3, 0.4) is 0 Å². The number of halogens is 1. The quantitative estimate of drug-likeness (QED) is 0.300. The second-order valence-corrected chi connectivity index (χ2v) is 9.10. The van der Waals surface area contributed by atoms with Crippen LogP contribution in [0.2, 0.25) is 0 Å². The summed E-state index contributed by atoms with van der Waals surface area (Å²) < 4.78 is 5.92. The number of piperidine rings is 1. The summed E-state index contributed by atoms with van der Waals surface area (Å²) in [6.07, 6.45) is 2.43. The fourth-order valence-corrected chi connectivity index (χ4v) is 4.40. The summed E-state index contributed by atoms with van der Waals surface area (Å²) >= 11 is 1.74. The van der Waals surface area contributed by atoms with E-state index in [4.69, 9.17) is 4.74 Å². The molecule has 0 radical (unpaired) electrons. The van der Waals surface area contributed by atoms with E-state index >= 15 is 0 Å². The van der Waals surface area contributed by atoms with Crippen LogP contribution in [0, 0.1) is 19.8 Å². The Morgan fingerprint density at radius 1 is 1.29 bits per heavy atom. The van der Waals surface area contributed by atoms with Crippen molar-refractivity contribution in [2.24, 2.45) is 10.9 Å². The van der Waals surface area contributed by atoms with Crippen LogP contribution in [0.5, 0.6) is 5.75 Å². The number of aromatic nitrogens is 1. The third-order valence-electron chi connectivity index (χ3n) is 5.66. The molecule has 2 aromatic rings. The highest BCUT2D eigenvalue weighted by Gasteiger charge is 2.20. The Morgan fingerprint density at radius 3 is 2.68 bits per heavy atom. The Hall–Kier alpha value is -1.39. The first kappa shape index (κ1) is 25.9. The first-order valence-electron chi connectivity index (χ1n) is 10.8. The Balaban J connectivity index is 0.00000341. The molecular formula is C23H36IN5OS. The Labute approximate surface area is 208 Å². The molecule has 0 amide bonds. The highest BCUT2D eigenvalue weighted by atomic mass is 127. The number of hydrogen-bond donors (Lipinski definition) is 1. The minimum absolute atomic E-state index is 0. The van der Waals surface area contributed by atoms with Crippen molar-refractivity contribution in [1.29, 1.82) is 0 Å². The SMILES string of the molecule is CN=C(NCC1CCN(Cc2csc(C)n2)CC1)N(C)CCOc1ccccc1C.I. The van der Waals surface area contributed by atoms with Gasteiger partial charge < -0.3 is 15.0 Å². The lowest BCUT2D eigenvalue weighted by atomic mass is 9.97. The summed E-state index contributed by atoms with van der Waals surface area (Å²) in [4.78, 5) is 13.7. The minimum atomic E-state index is 0. The fourth-order valence-electron chi connectivity index (χ4n) is 3.80. The average Bonchev–Trinajstić information content (AvgIpc) is 3.15. The number of hydrogen-bond acceptors (Lipinski definition) is 5. The Morgan fingerprint density at radius 2 is 2.03 bits per heavy atom. The first-order valence-corrected chi connectivity index (χ1v) is 11.7. The van der Waals surface area contributed by atoms with Crippen molar-refractivity contribution < 1.29 is 4.74 Å². The minimum Gasteiger partial charge on any atom is -0.491 e. The maximum atomic E-state index is 5.92. The van der Waals surface area contributed by atoms with Gasteiger partial charge in [-0.2, -0.15) is 0 Å². The number of thiazole rings is 1. The van der Waals surface area contributed by atoms with Gasteiger partial charge in [0.1, 0.15) is 12.4 Å². The van der Waals surface area contributed by atoms with Gasteiger partial charge in [0, 0.05) is 32.6 Å². The van der Waals surface area contributed by atoms with Crippen LogP contribution in [0.1, 0.15) is 29.1 Å². The predicted octanol–water partition coefficient (Wildman–Crippen LogP) is 4.18. The molecule has 0 aliphatic carbocycles. The molecule has 1 saturated heterocycles. The molecule has 0 unspecified atom stereocenters. The van der Waals surface area contributed by atoms with Gasteiger partial charge in [0.05, 0.1) is 17.2 Å². The maximum absolute atomic E-state index is 5.92. The summed E-state index contributed by atoms with van der Waals surface area (Å²) in [7, 11) is 3.91. The van der Waals surface area contributed by atoms with Gasteiger partial charge in [0.25, 0.3) is 0 Å². The number of nitrogens with zero attached hydrogens (tertiary/aromatic N) is 4. The van der Waals surface area contributed by atoms with Crippen molar-refractivity contribution in [2.45, 2.75) is 33.2 Å². The largest absolute Gasteiger partial charge is 0.491 e. The van der Waals surface area contributed by atoms with Crippen LogP contribution in [-0.4, -0.2) is 67.6 Å². The van der Waals surface area contributed by atoms with Gasteiger partial charge in [0.2, 0.25) is 0 Å². The number of likely N-dealkylation sites (tertiary alicyclic amines) is 1. The summed E-state index contributed by atoms with van der Waals surface area (Å²) in [5, 5.41) is 6.90. The van der Waals surface area contributed by atoms with E-state index in [0.29, 0.717) is 12.5 Å². The second-order valence-electron chi connectivity index (χ2n) is 8.04. The van der Waals surface area contributed by atoms with Crippen LogP contribution in [-0.2, 0) is 6.54 Å². The van der Waals surface area contributed by atoms with Crippen LogP contribution in [0.15, 0.2) is 34.6 Å². The van der Waals surface area contributed by atoms with Crippen molar-refractivity contribution in [2.75, 3.05) is 46.9 Å². The van der Waals surface area contributed by atoms with Crippen LogP contribution in [0.4, 0.5) is 0 Å². The normalized spacial score (nSPS) is 15.4. The van der Waals surface area contributed by atoms with Gasteiger partial charge in [-0.25, -0.2) is 4.98 Å². The number of benzene rings is 1. The summed E-state index contributed by atoms with van der Waals surface area (Å²) in [6.45, 7) is 9.81. The predicted molar refractivity (Wildman–Crippen MR) is 141 cm³/mol. The average molecular weight is 558 g/mol. The molecular weight excluding hydrogens is 521 g/mol. The van der Waals surface area contributed by atoms with Crippen molar-refractivity contribution in [1.82, 2.24) is 20.1 Å². The molecule has 0 saturated carbocycles. The highest BCUT2D eigenvalue weighted by Crippen LogP contribution is 2.19. The maximum Gasteiger partial charge on any atom is 0.193 e. The second kappa shape index (κ2) is 13.2. The molecule has 1 aliphatic rings. The number of likely N-dealkylation sites (N-methyl/N-ethyl adjacent to an activating group) is 1. The molecule has 3 rings (SSSR count). The van der Waals surface area contributed by atoms with Crippen molar-refractivity contribution >= 4 is 41.3 Å². The lowest BCUT2D eigenvalue weighted by molar-refractivity contribution is 0.176. The number of rotatable bonds is 8. The molecule has 31 heavy (non-hydrogen) atoms. The monoisotopic (exact) mass is 557 g/mol. The molecule has 2 heterocycles. The van der Waals surface area contributed by atoms with Crippen molar-refractivity contribution in [3.63, 3.8) is 0 Å². The molecule has 1 N–H and O–H groups in total. The van der Waals surface area contributed by atoms with Gasteiger partial charge in [-0.15, -0.1) is 35.3 Å². The van der Waals surface area contributed by atoms with E-state index in [9.17, 15) is 0 Å². The fraction of sp³-hybridized carbons (Fsp3) is 0.565. The number of aliphatic imine (C=N–C) groups is 1. The highest BCUT2D eigenvalue weighted by molar-refractivity contribution is 14.0. The zero-order chi connectivity index (χ0) is 21.3. The lowest BCUT2D eigenvalue weighted by Crippen LogP contribution is -2.44. The van der Waals surface area contributed by atoms with Crippen molar-refractivity contribution in [3.8, 4) is 5.75 Å². The van der Waals surface area contributed by atoms with Gasteiger partial charge in [-0.05, 0) is 57.3 Å². The molecule has 6 nitrogen and oxygen atoms in total. The zero-order valence-corrected chi connectivity index (χ0v) is 22.3. The molecule has 1 aromatic carbocycles. The molecule has 0 bridgehead atoms. The van der Waals surface area contributed by atoms with Crippen LogP contribution >= 0.6 is 35.3 Å². The van der Waals surface area contributed by atoms with E-state index in [1.807, 2.05) is 25.2 Å². The van der Waals surface area contributed by atoms with E-state index in [0.717, 1.165) is 49.4 Å². The Kier molecular flexibility index (Phi) is 11.0. The van der Waals surface area contributed by atoms with E-state index < -0.39 is 0 Å². The summed E-state index contributed by atoms with van der Waals surface area (Å²) in [5.74, 6) is 2.57. The summed E-state index contributed by atoms with van der Waals surface area (Å²) in [6, 6.07) is 8.13. The third-order valence-corrected chi connectivity index (χ3v) is 6.48. The van der Waals surface area contributed by atoms with Gasteiger partial charge in [0.15, 0.2) is 5.96 Å². The number of aryl methyl sites for hydroxylation is 2. The van der Waals surface area contributed by atoms with Gasteiger partial charge >= 0.3 is 0 Å². The van der Waals surface area contributed by atoms with E-state index in [1.165, 1.54) is 24.1 Å². The van der Waals surface area contributed by atoms with Crippen LogP contribution in [0.25, 0.3) is 0 Å². The molecule has 0 spiro atoms. The zero-order valence-electron chi connectivity index (χ0n) is 19.1. The van der Waals surface area contributed by atoms with Crippen LogP contribution < -0.4 is 10.1 Å².